The molecule has 8 nitrogen and oxygen atoms in total. The summed E-state index contributed by atoms with van der Waals surface area (Å²) in [5.41, 5.74) is 0.232. The van der Waals surface area contributed by atoms with Crippen molar-refractivity contribution in [2.75, 3.05) is 7.11 Å². The van der Waals surface area contributed by atoms with Crippen LogP contribution in [0.25, 0.3) is 6.08 Å². The maximum atomic E-state index is 13.0. The Bertz CT molecular complexity index is 1470. The molecule has 3 aromatic carbocycles. The molecule has 0 unspecified atom stereocenters. The Morgan fingerprint density at radius 3 is 2.42 bits per heavy atom. The minimum Gasteiger partial charge on any atom is -0.493 e. The van der Waals surface area contributed by atoms with Crippen LogP contribution in [-0.4, -0.2) is 28.1 Å². The zero-order valence-electron chi connectivity index (χ0n) is 19.9. The maximum Gasteiger partial charge on any atom is 0.416 e. The number of nitro benzene ring substituents is 1. The third kappa shape index (κ3) is 5.80. The number of halogens is 3. The first-order chi connectivity index (χ1) is 18.0. The van der Waals surface area contributed by atoms with Crippen LogP contribution in [0.5, 0.6) is 17.2 Å². The highest BCUT2D eigenvalue weighted by Gasteiger charge is 2.35. The van der Waals surface area contributed by atoms with Gasteiger partial charge in [-0.3, -0.25) is 24.6 Å². The van der Waals surface area contributed by atoms with Crippen molar-refractivity contribution in [3.63, 3.8) is 0 Å². The Labute approximate surface area is 218 Å². The topological polar surface area (TPSA) is 99.0 Å². The number of imide groups is 1. The molecule has 2 amide bonds. The lowest BCUT2D eigenvalue weighted by atomic mass is 10.1. The molecule has 0 saturated carbocycles. The number of aryl methyl sites for hydroxylation is 1. The van der Waals surface area contributed by atoms with Gasteiger partial charge in [0.25, 0.3) is 11.1 Å². The predicted molar refractivity (Wildman–Crippen MR) is 134 cm³/mol. The Morgan fingerprint density at radius 1 is 1.03 bits per heavy atom. The molecule has 0 bridgehead atoms. The molecule has 1 heterocycles. The van der Waals surface area contributed by atoms with E-state index in [-0.39, 0.29) is 22.9 Å². The van der Waals surface area contributed by atoms with E-state index in [0.717, 1.165) is 33.9 Å². The van der Waals surface area contributed by atoms with Crippen LogP contribution >= 0.6 is 11.8 Å². The van der Waals surface area contributed by atoms with Crippen LogP contribution in [0.2, 0.25) is 0 Å². The van der Waals surface area contributed by atoms with Crippen LogP contribution in [-0.2, 0) is 17.5 Å². The summed E-state index contributed by atoms with van der Waals surface area (Å²) < 4.78 is 49.8. The van der Waals surface area contributed by atoms with Crippen molar-refractivity contribution in [3.05, 3.63) is 97.9 Å². The minimum absolute atomic E-state index is 0.0000561. The van der Waals surface area contributed by atoms with Gasteiger partial charge in [0.05, 0.1) is 29.0 Å². The average molecular weight is 545 g/mol. The summed E-state index contributed by atoms with van der Waals surface area (Å²) in [5.74, 6) is -0.764. The van der Waals surface area contributed by atoms with Gasteiger partial charge in [0, 0.05) is 6.07 Å². The van der Waals surface area contributed by atoms with Crippen molar-refractivity contribution < 1.29 is 37.2 Å². The molecular weight excluding hydrogens is 525 g/mol. The number of hydrogen-bond acceptors (Lipinski definition) is 7. The van der Waals surface area contributed by atoms with Crippen LogP contribution in [0.3, 0.4) is 0 Å². The molecule has 0 aromatic heterocycles. The number of nitrogens with zero attached hydrogens (tertiary/aromatic N) is 2. The molecule has 1 saturated heterocycles. The Kier molecular flexibility index (Phi) is 7.44. The monoisotopic (exact) mass is 544 g/mol. The summed E-state index contributed by atoms with van der Waals surface area (Å²) in [6, 6.07) is 13.8. The second kappa shape index (κ2) is 10.6. The fraction of sp³-hybridized carbons (Fsp3) is 0.154. The SMILES string of the molecule is COc1cc(/C=C2\SC(=O)N(Cc3cccc(C)c3)C2=O)ccc1Oc1ccc(C(F)(F)F)cc1[N+](=O)[O-]. The number of carbonyl (C=O) groups is 2. The van der Waals surface area contributed by atoms with Crippen molar-refractivity contribution in [2.45, 2.75) is 19.6 Å². The van der Waals surface area contributed by atoms with Gasteiger partial charge in [0.1, 0.15) is 0 Å². The summed E-state index contributed by atoms with van der Waals surface area (Å²) in [6.45, 7) is 2.04. The van der Waals surface area contributed by atoms with Gasteiger partial charge >= 0.3 is 11.9 Å². The van der Waals surface area contributed by atoms with Crippen LogP contribution < -0.4 is 9.47 Å². The first kappa shape index (κ1) is 26.7. The normalized spacial score (nSPS) is 14.8. The van der Waals surface area contributed by atoms with E-state index in [1.165, 1.54) is 31.4 Å². The lowest BCUT2D eigenvalue weighted by molar-refractivity contribution is -0.385. The molecule has 3 aromatic rings. The van der Waals surface area contributed by atoms with Gasteiger partial charge in [0.2, 0.25) is 5.75 Å². The van der Waals surface area contributed by atoms with Crippen LogP contribution in [0.15, 0.2) is 65.6 Å². The number of hydrogen-bond donors (Lipinski definition) is 0. The largest absolute Gasteiger partial charge is 0.493 e. The van der Waals surface area contributed by atoms with Crippen molar-refractivity contribution in [1.29, 1.82) is 0 Å². The number of benzene rings is 3. The summed E-state index contributed by atoms with van der Waals surface area (Å²) in [5, 5.41) is 10.9. The van der Waals surface area contributed by atoms with Gasteiger partial charge in [-0.1, -0.05) is 35.9 Å². The van der Waals surface area contributed by atoms with E-state index < -0.39 is 39.2 Å². The second-order valence-corrected chi connectivity index (χ2v) is 9.20. The first-order valence-electron chi connectivity index (χ1n) is 11.0. The molecule has 0 aliphatic carbocycles. The standard InChI is InChI=1S/C26H19F3N2O6S/c1-15-4-3-5-17(10-15)14-30-24(32)23(38-25(30)33)12-16-6-8-21(22(11-16)36-2)37-20-9-7-18(26(27,28)29)13-19(20)31(34)35/h3-13H,14H2,1-2H3/b23-12-. The third-order valence-electron chi connectivity index (χ3n) is 5.49. The number of methoxy groups -OCH3 is 1. The van der Waals surface area contributed by atoms with E-state index in [4.69, 9.17) is 9.47 Å². The number of amides is 2. The molecule has 0 spiro atoms. The van der Waals surface area contributed by atoms with Crippen LogP contribution in [0.1, 0.15) is 22.3 Å². The molecule has 0 radical (unpaired) electrons. The fourth-order valence-electron chi connectivity index (χ4n) is 3.68. The van der Waals surface area contributed by atoms with Gasteiger partial charge in [-0.2, -0.15) is 13.2 Å². The van der Waals surface area contributed by atoms with E-state index in [1.807, 2.05) is 31.2 Å². The maximum absolute atomic E-state index is 13.0. The summed E-state index contributed by atoms with van der Waals surface area (Å²) in [7, 11) is 1.31. The van der Waals surface area contributed by atoms with Crippen molar-refractivity contribution in [2.24, 2.45) is 0 Å². The van der Waals surface area contributed by atoms with Crippen LogP contribution in [0, 0.1) is 17.0 Å². The van der Waals surface area contributed by atoms with E-state index in [9.17, 15) is 32.9 Å². The van der Waals surface area contributed by atoms with E-state index in [1.54, 1.807) is 0 Å². The number of carbonyl (C=O) groups excluding carboxylic acids is 2. The molecular formula is C26H19F3N2O6S. The quantitative estimate of drug-likeness (QED) is 0.180. The number of ether oxygens (including phenoxy) is 2. The van der Waals surface area contributed by atoms with Gasteiger partial charge in [-0.25, -0.2) is 0 Å². The first-order valence-corrected chi connectivity index (χ1v) is 11.8. The van der Waals surface area contributed by atoms with Gasteiger partial charge in [0.15, 0.2) is 11.5 Å². The molecule has 1 fully saturated rings. The molecule has 1 aliphatic rings. The van der Waals surface area contributed by atoms with E-state index >= 15 is 0 Å². The Morgan fingerprint density at radius 2 is 1.76 bits per heavy atom. The smallest absolute Gasteiger partial charge is 0.416 e. The summed E-state index contributed by atoms with van der Waals surface area (Å²) in [4.78, 5) is 37.1. The van der Waals surface area contributed by atoms with Gasteiger partial charge < -0.3 is 9.47 Å². The zero-order valence-corrected chi connectivity index (χ0v) is 20.8. The number of thioether (sulfide) groups is 1. The molecule has 196 valence electrons. The number of rotatable bonds is 7. The highest BCUT2D eigenvalue weighted by molar-refractivity contribution is 8.18. The molecule has 0 N–H and O–H groups in total. The third-order valence-corrected chi connectivity index (χ3v) is 6.39. The highest BCUT2D eigenvalue weighted by Crippen LogP contribution is 2.41. The summed E-state index contributed by atoms with van der Waals surface area (Å²) in [6.07, 6.45) is -3.27. The summed E-state index contributed by atoms with van der Waals surface area (Å²) >= 11 is 0.788. The molecule has 38 heavy (non-hydrogen) atoms. The second-order valence-electron chi connectivity index (χ2n) is 8.21. The van der Waals surface area contributed by atoms with Crippen molar-refractivity contribution in [1.82, 2.24) is 4.90 Å². The average Bonchev–Trinajstić information content (AvgIpc) is 3.11. The fourth-order valence-corrected chi connectivity index (χ4v) is 4.52. The van der Waals surface area contributed by atoms with Gasteiger partial charge in [-0.05, 0) is 60.2 Å². The predicted octanol–water partition coefficient (Wildman–Crippen LogP) is 6.96. The number of alkyl halides is 3. The highest BCUT2D eigenvalue weighted by atomic mass is 32.2. The molecule has 4 rings (SSSR count). The lowest BCUT2D eigenvalue weighted by Crippen LogP contribution is -2.27. The number of nitro groups is 1. The minimum atomic E-state index is -4.76. The lowest BCUT2D eigenvalue weighted by Gasteiger charge is -2.13. The molecule has 1 aliphatic heterocycles. The Balaban J connectivity index is 1.57. The van der Waals surface area contributed by atoms with Crippen molar-refractivity contribution in [3.8, 4) is 17.2 Å². The molecule has 12 heteroatoms. The van der Waals surface area contributed by atoms with Crippen molar-refractivity contribution >= 4 is 34.7 Å². The van der Waals surface area contributed by atoms with E-state index in [0.29, 0.717) is 17.7 Å². The van der Waals surface area contributed by atoms with Crippen LogP contribution in [0.4, 0.5) is 23.7 Å². The zero-order chi connectivity index (χ0) is 27.6. The molecule has 0 atom stereocenters. The van der Waals surface area contributed by atoms with Gasteiger partial charge in [-0.15, -0.1) is 0 Å². The Hall–Kier alpha value is -4.32. The van der Waals surface area contributed by atoms with E-state index in [2.05, 4.69) is 0 Å².